The van der Waals surface area contributed by atoms with E-state index in [0.29, 0.717) is 0 Å². The van der Waals surface area contributed by atoms with E-state index in [1.807, 2.05) is 0 Å². The van der Waals surface area contributed by atoms with Crippen LogP contribution in [-0.4, -0.2) is 0 Å². The van der Waals surface area contributed by atoms with E-state index in [1.54, 1.807) is 0 Å². The van der Waals surface area contributed by atoms with Crippen molar-refractivity contribution in [2.45, 2.75) is 0 Å². The molecule has 0 heterocycles. The summed E-state index contributed by atoms with van der Waals surface area (Å²) in [5, 5.41) is 0. The molecule has 0 aromatic rings. The van der Waals surface area contributed by atoms with Crippen LogP contribution in [0, 0.1) is 5.53 Å². The molecule has 4 heteroatoms. The van der Waals surface area contributed by atoms with Crippen molar-refractivity contribution < 1.29 is 0 Å². The van der Waals surface area contributed by atoms with Crippen LogP contribution >= 0.6 is 22.9 Å². The Kier molecular flexibility index (Phi) is 3.96. The molecule has 1 atom stereocenters. The molecule has 0 aliphatic carbocycles. The summed E-state index contributed by atoms with van der Waals surface area (Å²) >= 11 is 2.92. The van der Waals surface area contributed by atoms with Gasteiger partial charge in [-0.2, -0.15) is 4.88 Å². The lowest BCUT2D eigenvalue weighted by atomic mass is 13.3. The fourth-order valence-corrected chi connectivity index (χ4v) is 0. The summed E-state index contributed by atoms with van der Waals surface area (Å²) in [5.41, 5.74) is 6.04. The Hall–Kier alpha value is 0.510. The largest absolute Gasteiger partial charge is 0.206 e. The van der Waals surface area contributed by atoms with Gasteiger partial charge in [-0.05, 0) is 15.5 Å². The highest BCUT2D eigenvalue weighted by Crippen LogP contribution is 2.18. The van der Waals surface area contributed by atoms with Crippen molar-refractivity contribution in [3.05, 3.63) is 0 Å². The minimum absolute atomic E-state index is 0.245. The molecular formula is H2BrN2P. The molecule has 0 rings (SSSR count). The maximum atomic E-state index is 6.04. The summed E-state index contributed by atoms with van der Waals surface area (Å²) in [5.74, 6) is 0. The Labute approximate surface area is 34.1 Å². The minimum atomic E-state index is 0.245. The zero-order valence-electron chi connectivity index (χ0n) is 1.83. The van der Waals surface area contributed by atoms with Gasteiger partial charge in [-0.25, -0.2) is 5.53 Å². The third-order valence-electron chi connectivity index (χ3n) is 0.0423. The second-order valence-corrected chi connectivity index (χ2v) is 1.65. The molecule has 1 N–H and O–H groups in total. The van der Waals surface area contributed by atoms with Gasteiger partial charge in [0.1, 0.15) is 0 Å². The SMILES string of the molecule is N=NPBr. The quantitative estimate of drug-likeness (QED) is 0.427. The van der Waals surface area contributed by atoms with Gasteiger partial charge in [-0.1, -0.05) is 0 Å². The molecule has 0 bridgehead atoms. The van der Waals surface area contributed by atoms with Crippen LogP contribution in [0.3, 0.4) is 0 Å². The van der Waals surface area contributed by atoms with E-state index in [0.717, 1.165) is 0 Å². The monoisotopic (exact) mass is 140 g/mol. The molecule has 0 saturated heterocycles. The molecule has 0 radical (unpaired) electrons. The molecule has 0 aliphatic heterocycles. The number of hydrogen-bond acceptors (Lipinski definition) is 2. The molecule has 2 nitrogen and oxygen atoms in total. The Morgan fingerprint density at radius 3 is 2.25 bits per heavy atom. The van der Waals surface area contributed by atoms with Gasteiger partial charge in [0, 0.05) is 0 Å². The second kappa shape index (κ2) is 3.51. The zero-order valence-corrected chi connectivity index (χ0v) is 4.41. The average Bonchev–Trinajstić information content (AvgIpc) is 1.37. The van der Waals surface area contributed by atoms with Crippen molar-refractivity contribution in [3.63, 3.8) is 0 Å². The van der Waals surface area contributed by atoms with Crippen LogP contribution in [-0.2, 0) is 0 Å². The molecule has 1 unspecified atom stereocenters. The summed E-state index contributed by atoms with van der Waals surface area (Å²) in [6, 6.07) is 0. The molecule has 0 amide bonds. The van der Waals surface area contributed by atoms with Gasteiger partial charge < -0.3 is 0 Å². The summed E-state index contributed by atoms with van der Waals surface area (Å²) in [6.45, 7) is 0. The van der Waals surface area contributed by atoms with Crippen molar-refractivity contribution in [3.8, 4) is 0 Å². The van der Waals surface area contributed by atoms with E-state index < -0.39 is 0 Å². The highest BCUT2D eigenvalue weighted by Gasteiger charge is 1.49. The van der Waals surface area contributed by atoms with Crippen molar-refractivity contribution in [2.24, 2.45) is 4.88 Å². The third-order valence-corrected chi connectivity index (χ3v) is 0.659. The molecule has 0 aliphatic rings. The normalized spacial score (nSPS) is 9.25. The van der Waals surface area contributed by atoms with Crippen LogP contribution in [0.4, 0.5) is 0 Å². The van der Waals surface area contributed by atoms with Gasteiger partial charge in [0.15, 0.2) is 0 Å². The average molecular weight is 141 g/mol. The predicted octanol–water partition coefficient (Wildman–Crippen LogP) is 1.92. The predicted molar refractivity (Wildman–Crippen MR) is 22.4 cm³/mol. The van der Waals surface area contributed by atoms with E-state index >= 15 is 0 Å². The fraction of sp³-hybridized carbons (Fsp3) is 0. The lowest BCUT2D eigenvalue weighted by Crippen LogP contribution is -1.02. The molecule has 0 aromatic carbocycles. The molecule has 0 fully saturated rings. The maximum Gasteiger partial charge on any atom is 0.0949 e. The molecule has 0 spiro atoms. The van der Waals surface area contributed by atoms with Gasteiger partial charge in [0.25, 0.3) is 0 Å². The lowest BCUT2D eigenvalue weighted by Gasteiger charge is -1.55. The first-order valence-electron chi connectivity index (χ1n) is 0.636. The van der Waals surface area contributed by atoms with Crippen LogP contribution < -0.4 is 0 Å². The van der Waals surface area contributed by atoms with Crippen LogP contribution in [0.15, 0.2) is 4.88 Å². The molecule has 4 heavy (non-hydrogen) atoms. The standard InChI is InChI=1S/BrH2N2P/c1-4-3-2/h2,4H. The van der Waals surface area contributed by atoms with Crippen LogP contribution in [0.1, 0.15) is 0 Å². The van der Waals surface area contributed by atoms with E-state index in [9.17, 15) is 0 Å². The first-order valence-corrected chi connectivity index (χ1v) is 3.84. The van der Waals surface area contributed by atoms with E-state index in [4.69, 9.17) is 5.53 Å². The van der Waals surface area contributed by atoms with Crippen molar-refractivity contribution in [1.82, 2.24) is 0 Å². The number of halogens is 1. The van der Waals surface area contributed by atoms with Crippen LogP contribution in [0.25, 0.3) is 0 Å². The number of nitrogens with zero attached hydrogens (tertiary/aromatic N) is 1. The van der Waals surface area contributed by atoms with Gasteiger partial charge >= 0.3 is 0 Å². The first-order chi connectivity index (χ1) is 1.91. The Bertz CT molecular complexity index is 20.0. The highest BCUT2D eigenvalue weighted by molar-refractivity contribution is 9.36. The Morgan fingerprint density at radius 2 is 2.25 bits per heavy atom. The van der Waals surface area contributed by atoms with E-state index in [1.165, 1.54) is 0 Å². The second-order valence-electron chi connectivity index (χ2n) is 0.196. The number of hydrogen-bond donors (Lipinski definition) is 1. The van der Waals surface area contributed by atoms with Crippen LogP contribution in [0.2, 0.25) is 0 Å². The maximum absolute atomic E-state index is 6.04. The summed E-state index contributed by atoms with van der Waals surface area (Å²) in [4.78, 5) is 2.93. The molecule has 0 saturated carbocycles. The van der Waals surface area contributed by atoms with Gasteiger partial charge in [0.2, 0.25) is 0 Å². The van der Waals surface area contributed by atoms with E-state index in [2.05, 4.69) is 20.4 Å². The van der Waals surface area contributed by atoms with E-state index in [-0.39, 0.29) is 7.43 Å². The van der Waals surface area contributed by atoms with Crippen molar-refractivity contribution in [2.75, 3.05) is 0 Å². The van der Waals surface area contributed by atoms with Crippen LogP contribution in [0.5, 0.6) is 0 Å². The lowest BCUT2D eigenvalue weighted by molar-refractivity contribution is 1.25. The summed E-state index contributed by atoms with van der Waals surface area (Å²) < 4.78 is 0. The number of nitrogens with one attached hydrogen (secondary N) is 1. The van der Waals surface area contributed by atoms with Crippen molar-refractivity contribution in [1.29, 1.82) is 5.53 Å². The zero-order chi connectivity index (χ0) is 3.41. The Morgan fingerprint density at radius 1 is 2.00 bits per heavy atom. The first kappa shape index (κ1) is 4.51. The third kappa shape index (κ3) is 2.51. The smallest absolute Gasteiger partial charge is 0.0949 e. The van der Waals surface area contributed by atoms with Crippen molar-refractivity contribution >= 4 is 22.9 Å². The Balaban J connectivity index is 2.30. The van der Waals surface area contributed by atoms with Gasteiger partial charge in [-0.3, -0.25) is 0 Å². The summed E-state index contributed by atoms with van der Waals surface area (Å²) in [7, 11) is 0.245. The van der Waals surface area contributed by atoms with Gasteiger partial charge in [0.05, 0.1) is 7.43 Å². The molecule has 0 aromatic heterocycles. The molecular weight excluding hydrogens is 139 g/mol. The molecule has 24 valence electrons. The topological polar surface area (TPSA) is 36.2 Å². The number of rotatable bonds is 1. The highest BCUT2D eigenvalue weighted by atomic mass is 79.9. The fourth-order valence-electron chi connectivity index (χ4n) is 0. The minimum Gasteiger partial charge on any atom is -0.206 e. The summed E-state index contributed by atoms with van der Waals surface area (Å²) in [6.07, 6.45) is 0. The van der Waals surface area contributed by atoms with Gasteiger partial charge in [-0.15, -0.1) is 0 Å².